The molecule has 0 spiro atoms. The molecule has 2 fully saturated rings. The highest BCUT2D eigenvalue weighted by Gasteiger charge is 2.39. The first-order valence-corrected chi connectivity index (χ1v) is 12.1. The number of amides is 1. The van der Waals surface area contributed by atoms with Gasteiger partial charge >= 0.3 is 5.97 Å². The maximum atomic E-state index is 13.2. The average molecular weight is 465 g/mol. The largest absolute Gasteiger partial charge is 0.480 e. The molecule has 2 atom stereocenters. The number of rotatable bonds is 7. The molecule has 1 amide bonds. The number of nitrogens with one attached hydrogen (secondary N) is 1. The number of hydrogen-bond donors (Lipinski definition) is 2. The molecule has 0 saturated carbocycles. The molecular weight excluding hydrogens is 428 g/mol. The Morgan fingerprint density at radius 2 is 1.68 bits per heavy atom. The van der Waals surface area contributed by atoms with Crippen molar-refractivity contribution in [3.05, 3.63) is 65.7 Å². The van der Waals surface area contributed by atoms with Gasteiger partial charge in [-0.1, -0.05) is 30.3 Å². The quantitative estimate of drug-likeness (QED) is 0.656. The number of carbonyl (C=O) groups excluding carboxylic acids is 1. The monoisotopic (exact) mass is 464 g/mol. The van der Waals surface area contributed by atoms with Crippen LogP contribution >= 0.6 is 0 Å². The molecule has 0 unspecified atom stereocenters. The minimum Gasteiger partial charge on any atom is -0.480 e. The fourth-order valence-corrected chi connectivity index (χ4v) is 5.49. The molecule has 0 bridgehead atoms. The van der Waals surface area contributed by atoms with Gasteiger partial charge in [0.2, 0.25) is 0 Å². The van der Waals surface area contributed by atoms with Crippen molar-refractivity contribution in [2.24, 2.45) is 5.92 Å². The number of benzene rings is 2. The van der Waals surface area contributed by atoms with Gasteiger partial charge in [-0.2, -0.15) is 0 Å². The van der Waals surface area contributed by atoms with Crippen LogP contribution in [0.5, 0.6) is 0 Å². The lowest BCUT2D eigenvalue weighted by atomic mass is 9.79. The molecule has 7 heteroatoms. The van der Waals surface area contributed by atoms with Crippen LogP contribution in [0.1, 0.15) is 35.2 Å². The van der Waals surface area contributed by atoms with Crippen LogP contribution in [-0.4, -0.2) is 80.1 Å². The summed E-state index contributed by atoms with van der Waals surface area (Å²) < 4.78 is 0. The van der Waals surface area contributed by atoms with Crippen LogP contribution in [0.25, 0.3) is 0 Å². The van der Waals surface area contributed by atoms with E-state index in [2.05, 4.69) is 53.5 Å². The highest BCUT2D eigenvalue weighted by molar-refractivity contribution is 5.94. The van der Waals surface area contributed by atoms with Gasteiger partial charge in [-0.3, -0.25) is 14.5 Å². The first kappa shape index (κ1) is 24.2. The number of carboxylic acid groups (broad SMARTS) is 1. The van der Waals surface area contributed by atoms with E-state index < -0.39 is 12.0 Å². The predicted molar refractivity (Wildman–Crippen MR) is 134 cm³/mol. The molecule has 182 valence electrons. The van der Waals surface area contributed by atoms with Crippen molar-refractivity contribution in [2.45, 2.75) is 30.8 Å². The Balaban J connectivity index is 1.35. The number of carboxylic acids is 1. The van der Waals surface area contributed by atoms with Gasteiger partial charge in [-0.05, 0) is 69.1 Å². The second-order valence-corrected chi connectivity index (χ2v) is 9.91. The van der Waals surface area contributed by atoms with E-state index in [0.29, 0.717) is 24.4 Å². The Bertz CT molecular complexity index is 985. The van der Waals surface area contributed by atoms with Crippen LogP contribution in [0.15, 0.2) is 54.6 Å². The lowest BCUT2D eigenvalue weighted by molar-refractivity contribution is -0.139. The Hall–Kier alpha value is -2.90. The van der Waals surface area contributed by atoms with Crippen molar-refractivity contribution >= 4 is 17.6 Å². The number of nitrogens with zero attached hydrogens (tertiary/aromatic N) is 3. The van der Waals surface area contributed by atoms with Crippen molar-refractivity contribution in [3.8, 4) is 0 Å². The van der Waals surface area contributed by atoms with Gasteiger partial charge in [0.05, 0.1) is 0 Å². The summed E-state index contributed by atoms with van der Waals surface area (Å²) in [5, 5.41) is 12.2. The zero-order valence-corrected chi connectivity index (χ0v) is 20.4. The molecular formula is C27H36N4O3. The molecule has 2 aromatic carbocycles. The van der Waals surface area contributed by atoms with Gasteiger partial charge in [0, 0.05) is 50.0 Å². The molecule has 7 nitrogen and oxygen atoms in total. The van der Waals surface area contributed by atoms with Crippen molar-refractivity contribution in [2.75, 3.05) is 52.2 Å². The Labute approximate surface area is 202 Å². The standard InChI is InChI=1S/C27H36N4O3/c1-29(2)27(22-7-5-4-6-8-22)13-15-31(16-14-27)25(32)21-9-11-23(12-10-21)30(3)19-20-17-24(26(33)34)28-18-20/h4-12,20,24,28H,13-19H2,1-3H3,(H,33,34)/t20-,24-/m0/s1. The third-order valence-electron chi connectivity index (χ3n) is 7.65. The summed E-state index contributed by atoms with van der Waals surface area (Å²) in [7, 11) is 6.27. The van der Waals surface area contributed by atoms with E-state index >= 15 is 0 Å². The summed E-state index contributed by atoms with van der Waals surface area (Å²) in [4.78, 5) is 30.8. The van der Waals surface area contributed by atoms with Gasteiger partial charge in [-0.15, -0.1) is 0 Å². The van der Waals surface area contributed by atoms with Crippen molar-refractivity contribution < 1.29 is 14.7 Å². The highest BCUT2D eigenvalue weighted by Crippen LogP contribution is 2.37. The first-order valence-electron chi connectivity index (χ1n) is 12.1. The summed E-state index contributed by atoms with van der Waals surface area (Å²) >= 11 is 0. The van der Waals surface area contributed by atoms with Gasteiger partial charge in [0.1, 0.15) is 6.04 Å². The molecule has 0 aliphatic carbocycles. The summed E-state index contributed by atoms with van der Waals surface area (Å²) in [6, 6.07) is 17.9. The normalized spacial score (nSPS) is 22.1. The minimum atomic E-state index is -0.780. The summed E-state index contributed by atoms with van der Waals surface area (Å²) in [6.07, 6.45) is 2.45. The summed E-state index contributed by atoms with van der Waals surface area (Å²) in [5.74, 6) is -0.404. The third kappa shape index (κ3) is 4.95. The lowest BCUT2D eigenvalue weighted by Gasteiger charge is -2.46. The number of anilines is 1. The second-order valence-electron chi connectivity index (χ2n) is 9.91. The molecule has 2 saturated heterocycles. The fraction of sp³-hybridized carbons (Fsp3) is 0.481. The number of carbonyl (C=O) groups is 2. The number of likely N-dealkylation sites (tertiary alicyclic amines) is 1. The fourth-order valence-electron chi connectivity index (χ4n) is 5.49. The van der Waals surface area contributed by atoms with E-state index in [9.17, 15) is 14.7 Å². The third-order valence-corrected chi connectivity index (χ3v) is 7.65. The van der Waals surface area contributed by atoms with E-state index in [4.69, 9.17) is 0 Å². The lowest BCUT2D eigenvalue weighted by Crippen LogP contribution is -2.51. The second kappa shape index (κ2) is 10.2. The smallest absolute Gasteiger partial charge is 0.320 e. The van der Waals surface area contributed by atoms with E-state index in [1.54, 1.807) is 0 Å². The first-order chi connectivity index (χ1) is 16.3. The zero-order valence-electron chi connectivity index (χ0n) is 20.4. The average Bonchev–Trinajstić information content (AvgIpc) is 3.33. The van der Waals surface area contributed by atoms with Gasteiger partial charge in [0.25, 0.3) is 5.91 Å². The maximum absolute atomic E-state index is 13.2. The molecule has 2 N–H and O–H groups in total. The SMILES string of the molecule is CN(C[C@@H]1CN[C@H](C(=O)O)C1)c1ccc(C(=O)N2CCC(c3ccccc3)(N(C)C)CC2)cc1. The molecule has 2 heterocycles. The Morgan fingerprint density at radius 1 is 1.03 bits per heavy atom. The molecule has 4 rings (SSSR count). The van der Waals surface area contributed by atoms with Gasteiger partial charge in [-0.25, -0.2) is 0 Å². The van der Waals surface area contributed by atoms with Crippen molar-refractivity contribution in [3.63, 3.8) is 0 Å². The summed E-state index contributed by atoms with van der Waals surface area (Å²) in [5.41, 5.74) is 3.01. The number of hydrogen-bond acceptors (Lipinski definition) is 5. The molecule has 0 radical (unpaired) electrons. The van der Waals surface area contributed by atoms with Crippen LogP contribution < -0.4 is 10.2 Å². The van der Waals surface area contributed by atoms with Crippen LogP contribution in [-0.2, 0) is 10.3 Å². The predicted octanol–water partition coefficient (Wildman–Crippen LogP) is 2.88. The zero-order chi connectivity index (χ0) is 24.3. The van der Waals surface area contributed by atoms with E-state index in [0.717, 1.165) is 38.2 Å². The molecule has 0 aromatic heterocycles. The van der Waals surface area contributed by atoms with Gasteiger partial charge < -0.3 is 20.2 Å². The molecule has 2 aliphatic heterocycles. The van der Waals surface area contributed by atoms with Crippen LogP contribution in [0.4, 0.5) is 5.69 Å². The number of piperidine rings is 1. The minimum absolute atomic E-state index is 0.0423. The van der Waals surface area contributed by atoms with E-state index in [1.165, 1.54) is 5.56 Å². The molecule has 34 heavy (non-hydrogen) atoms. The maximum Gasteiger partial charge on any atom is 0.320 e. The van der Waals surface area contributed by atoms with Crippen molar-refractivity contribution in [1.82, 2.24) is 15.1 Å². The highest BCUT2D eigenvalue weighted by atomic mass is 16.4. The van der Waals surface area contributed by atoms with Crippen LogP contribution in [0.3, 0.4) is 0 Å². The van der Waals surface area contributed by atoms with Crippen LogP contribution in [0, 0.1) is 5.92 Å². The molecule has 2 aliphatic rings. The Morgan fingerprint density at radius 3 is 2.24 bits per heavy atom. The molecule has 2 aromatic rings. The van der Waals surface area contributed by atoms with E-state index in [-0.39, 0.29) is 11.4 Å². The van der Waals surface area contributed by atoms with Crippen LogP contribution in [0.2, 0.25) is 0 Å². The number of aliphatic carboxylic acids is 1. The Kier molecular flexibility index (Phi) is 7.24. The van der Waals surface area contributed by atoms with Crippen molar-refractivity contribution in [1.29, 1.82) is 0 Å². The topological polar surface area (TPSA) is 76.1 Å². The summed E-state index contributed by atoms with van der Waals surface area (Å²) in [6.45, 7) is 2.95. The van der Waals surface area contributed by atoms with E-state index in [1.807, 2.05) is 42.3 Å². The van der Waals surface area contributed by atoms with Gasteiger partial charge in [0.15, 0.2) is 0 Å².